The first-order chi connectivity index (χ1) is 13.1. The van der Waals surface area contributed by atoms with E-state index in [1.165, 1.54) is 12.1 Å². The van der Waals surface area contributed by atoms with E-state index < -0.39 is 5.91 Å². The molecule has 1 amide bonds. The van der Waals surface area contributed by atoms with Gasteiger partial charge in [0.05, 0.1) is 7.11 Å². The molecule has 0 spiro atoms. The molecule has 27 heavy (non-hydrogen) atoms. The average Bonchev–Trinajstić information content (AvgIpc) is 2.70. The zero-order valence-corrected chi connectivity index (χ0v) is 14.6. The van der Waals surface area contributed by atoms with E-state index in [4.69, 9.17) is 4.74 Å². The molecule has 0 atom stereocenters. The SMILES string of the molecule is COc1ccc(C(=O)NN=C(c2ccccc2O)c2ccccc2O)cc1. The van der Waals surface area contributed by atoms with Crippen LogP contribution < -0.4 is 10.2 Å². The van der Waals surface area contributed by atoms with Crippen LogP contribution in [0.4, 0.5) is 0 Å². The highest BCUT2D eigenvalue weighted by Crippen LogP contribution is 2.25. The molecule has 3 aromatic rings. The number of carbonyl (C=O) groups excluding carboxylic acids is 1. The largest absolute Gasteiger partial charge is 0.507 e. The van der Waals surface area contributed by atoms with Crippen LogP contribution in [0.5, 0.6) is 17.2 Å². The standard InChI is InChI=1S/C21H18N2O4/c1-27-15-12-10-14(11-13-15)21(26)23-22-20(16-6-2-4-8-18(16)24)17-7-3-5-9-19(17)25/h2-13,24-25H,1H3,(H,23,26). The van der Waals surface area contributed by atoms with Crippen LogP contribution in [-0.4, -0.2) is 28.9 Å². The van der Waals surface area contributed by atoms with E-state index in [0.29, 0.717) is 22.4 Å². The smallest absolute Gasteiger partial charge is 0.271 e. The van der Waals surface area contributed by atoms with Gasteiger partial charge < -0.3 is 14.9 Å². The maximum atomic E-state index is 12.4. The van der Waals surface area contributed by atoms with Crippen molar-refractivity contribution >= 4 is 11.6 Å². The van der Waals surface area contributed by atoms with Gasteiger partial charge in [0.2, 0.25) is 0 Å². The van der Waals surface area contributed by atoms with Crippen molar-refractivity contribution in [2.24, 2.45) is 5.10 Å². The number of para-hydroxylation sites is 2. The van der Waals surface area contributed by atoms with Gasteiger partial charge in [-0.2, -0.15) is 5.10 Å². The number of hydrogen-bond acceptors (Lipinski definition) is 5. The Kier molecular flexibility index (Phi) is 5.37. The van der Waals surface area contributed by atoms with Crippen LogP contribution in [0, 0.1) is 0 Å². The second-order valence-corrected chi connectivity index (χ2v) is 5.66. The van der Waals surface area contributed by atoms with Crippen molar-refractivity contribution in [2.75, 3.05) is 7.11 Å². The van der Waals surface area contributed by atoms with E-state index >= 15 is 0 Å². The number of nitrogens with one attached hydrogen (secondary N) is 1. The summed E-state index contributed by atoms with van der Waals surface area (Å²) in [7, 11) is 1.55. The highest BCUT2D eigenvalue weighted by atomic mass is 16.5. The summed E-state index contributed by atoms with van der Waals surface area (Å²) in [5.74, 6) is 0.177. The summed E-state index contributed by atoms with van der Waals surface area (Å²) in [6, 6.07) is 19.7. The summed E-state index contributed by atoms with van der Waals surface area (Å²) >= 11 is 0. The van der Waals surface area contributed by atoms with Crippen molar-refractivity contribution in [3.8, 4) is 17.2 Å². The van der Waals surface area contributed by atoms with Crippen molar-refractivity contribution in [3.63, 3.8) is 0 Å². The first-order valence-electron chi connectivity index (χ1n) is 8.19. The van der Waals surface area contributed by atoms with Crippen molar-refractivity contribution in [1.29, 1.82) is 0 Å². The molecule has 0 aliphatic rings. The molecule has 0 bridgehead atoms. The number of rotatable bonds is 5. The molecule has 0 saturated carbocycles. The summed E-state index contributed by atoms with van der Waals surface area (Å²) in [4.78, 5) is 12.4. The minimum atomic E-state index is -0.430. The van der Waals surface area contributed by atoms with Gasteiger partial charge in [0.25, 0.3) is 5.91 Å². The first-order valence-corrected chi connectivity index (χ1v) is 8.19. The van der Waals surface area contributed by atoms with Gasteiger partial charge in [0.15, 0.2) is 0 Å². The van der Waals surface area contributed by atoms with Gasteiger partial charge in [-0.1, -0.05) is 24.3 Å². The normalized spacial score (nSPS) is 10.1. The predicted molar refractivity (Wildman–Crippen MR) is 102 cm³/mol. The van der Waals surface area contributed by atoms with Gasteiger partial charge in [0, 0.05) is 16.7 Å². The molecule has 6 nitrogen and oxygen atoms in total. The number of nitrogens with zero attached hydrogens (tertiary/aromatic N) is 1. The third-order valence-corrected chi connectivity index (χ3v) is 3.94. The van der Waals surface area contributed by atoms with Gasteiger partial charge >= 0.3 is 0 Å². The molecule has 6 heteroatoms. The molecule has 136 valence electrons. The summed E-state index contributed by atoms with van der Waals surface area (Å²) in [5, 5.41) is 24.5. The van der Waals surface area contributed by atoms with Crippen LogP contribution >= 0.6 is 0 Å². The summed E-state index contributed by atoms with van der Waals surface area (Å²) < 4.78 is 5.07. The average molecular weight is 362 g/mol. The Morgan fingerprint density at radius 2 is 1.37 bits per heavy atom. The Bertz CT molecular complexity index is 934. The fraction of sp³-hybridized carbons (Fsp3) is 0.0476. The van der Waals surface area contributed by atoms with Crippen molar-refractivity contribution in [1.82, 2.24) is 5.43 Å². The van der Waals surface area contributed by atoms with Gasteiger partial charge in [-0.3, -0.25) is 4.79 Å². The maximum Gasteiger partial charge on any atom is 0.271 e. The van der Waals surface area contributed by atoms with E-state index in [-0.39, 0.29) is 17.2 Å². The minimum Gasteiger partial charge on any atom is -0.507 e. The van der Waals surface area contributed by atoms with Crippen LogP contribution in [0.25, 0.3) is 0 Å². The highest BCUT2D eigenvalue weighted by Gasteiger charge is 2.15. The van der Waals surface area contributed by atoms with Crippen LogP contribution in [0.2, 0.25) is 0 Å². The third-order valence-electron chi connectivity index (χ3n) is 3.94. The molecule has 0 aliphatic carbocycles. The molecule has 3 N–H and O–H groups in total. The number of phenols is 2. The number of amides is 1. The molecule has 0 aliphatic heterocycles. The van der Waals surface area contributed by atoms with E-state index in [2.05, 4.69) is 10.5 Å². The van der Waals surface area contributed by atoms with E-state index in [9.17, 15) is 15.0 Å². The number of methoxy groups -OCH3 is 1. The van der Waals surface area contributed by atoms with E-state index in [1.54, 1.807) is 67.8 Å². The molecule has 0 radical (unpaired) electrons. The number of phenolic OH excluding ortho intramolecular Hbond substituents is 2. The number of hydrogen-bond donors (Lipinski definition) is 3. The number of benzene rings is 3. The summed E-state index contributed by atoms with van der Waals surface area (Å²) in [6.07, 6.45) is 0. The van der Waals surface area contributed by atoms with Gasteiger partial charge in [-0.25, -0.2) is 5.43 Å². The topological polar surface area (TPSA) is 91.2 Å². The Morgan fingerprint density at radius 1 is 0.852 bits per heavy atom. The molecule has 3 aromatic carbocycles. The molecular formula is C21H18N2O4. The number of carbonyl (C=O) groups is 1. The van der Waals surface area contributed by atoms with E-state index in [1.807, 2.05) is 0 Å². The van der Waals surface area contributed by atoms with Crippen molar-refractivity contribution in [2.45, 2.75) is 0 Å². The number of ether oxygens (including phenoxy) is 1. The zero-order chi connectivity index (χ0) is 19.2. The Morgan fingerprint density at radius 3 is 1.85 bits per heavy atom. The van der Waals surface area contributed by atoms with Gasteiger partial charge in [-0.05, 0) is 48.5 Å². The second-order valence-electron chi connectivity index (χ2n) is 5.66. The third kappa shape index (κ3) is 4.07. The molecule has 0 saturated heterocycles. The molecule has 0 aromatic heterocycles. The van der Waals surface area contributed by atoms with Crippen LogP contribution in [0.15, 0.2) is 77.9 Å². The molecular weight excluding hydrogens is 344 g/mol. The minimum absolute atomic E-state index is 0.0156. The zero-order valence-electron chi connectivity index (χ0n) is 14.6. The highest BCUT2D eigenvalue weighted by molar-refractivity contribution is 6.16. The van der Waals surface area contributed by atoms with Crippen LogP contribution in [0.3, 0.4) is 0 Å². The Balaban J connectivity index is 1.96. The Labute approximate surface area is 156 Å². The van der Waals surface area contributed by atoms with Gasteiger partial charge in [-0.15, -0.1) is 0 Å². The quantitative estimate of drug-likeness (QED) is 0.480. The van der Waals surface area contributed by atoms with Crippen LogP contribution in [0.1, 0.15) is 21.5 Å². The molecule has 0 heterocycles. The van der Waals surface area contributed by atoms with Crippen molar-refractivity contribution in [3.05, 3.63) is 89.5 Å². The lowest BCUT2D eigenvalue weighted by atomic mass is 10.0. The number of hydrazone groups is 1. The lowest BCUT2D eigenvalue weighted by molar-refractivity contribution is 0.0955. The van der Waals surface area contributed by atoms with Crippen molar-refractivity contribution < 1.29 is 19.7 Å². The predicted octanol–water partition coefficient (Wildman–Crippen LogP) is 3.29. The number of aromatic hydroxyl groups is 2. The fourth-order valence-corrected chi connectivity index (χ4v) is 2.53. The lowest BCUT2D eigenvalue weighted by Gasteiger charge is -2.11. The fourth-order valence-electron chi connectivity index (χ4n) is 2.53. The Hall–Kier alpha value is -3.80. The summed E-state index contributed by atoms with van der Waals surface area (Å²) in [5.41, 5.74) is 3.88. The molecule has 0 unspecified atom stereocenters. The van der Waals surface area contributed by atoms with E-state index in [0.717, 1.165) is 0 Å². The lowest BCUT2D eigenvalue weighted by Crippen LogP contribution is -2.20. The maximum absolute atomic E-state index is 12.4. The molecule has 0 fully saturated rings. The van der Waals surface area contributed by atoms with Crippen LogP contribution in [-0.2, 0) is 0 Å². The first kappa shape index (κ1) is 18.0. The van der Waals surface area contributed by atoms with Gasteiger partial charge in [0.1, 0.15) is 23.0 Å². The monoisotopic (exact) mass is 362 g/mol. The summed E-state index contributed by atoms with van der Waals surface area (Å²) in [6.45, 7) is 0. The second kappa shape index (κ2) is 8.05. The molecule has 3 rings (SSSR count).